The lowest BCUT2D eigenvalue weighted by Crippen LogP contribution is -2.53. The maximum Gasteiger partial charge on any atom is 0.248 e. The fourth-order valence-electron chi connectivity index (χ4n) is 6.18. The van der Waals surface area contributed by atoms with E-state index in [0.717, 1.165) is 55.6 Å². The first-order valence-electron chi connectivity index (χ1n) is 12.9. The Hall–Kier alpha value is -2.94. The van der Waals surface area contributed by atoms with Crippen molar-refractivity contribution in [3.05, 3.63) is 29.3 Å². The number of amides is 1. The molecule has 35 heavy (non-hydrogen) atoms. The van der Waals surface area contributed by atoms with Gasteiger partial charge < -0.3 is 27.0 Å². The Bertz CT molecular complexity index is 1080. The van der Waals surface area contributed by atoms with Crippen LogP contribution in [0.25, 0.3) is 0 Å². The van der Waals surface area contributed by atoms with Crippen molar-refractivity contribution in [2.24, 2.45) is 28.9 Å². The first-order chi connectivity index (χ1) is 16.8. The topological polar surface area (TPSA) is 130 Å². The predicted octanol–water partition coefficient (Wildman–Crippen LogP) is 3.67. The van der Waals surface area contributed by atoms with Crippen molar-refractivity contribution in [3.8, 4) is 0 Å². The first kappa shape index (κ1) is 23.8. The number of aryl methyl sites for hydroxylation is 1. The zero-order valence-corrected chi connectivity index (χ0v) is 21.0. The van der Waals surface area contributed by atoms with Crippen LogP contribution in [-0.4, -0.2) is 46.5 Å². The van der Waals surface area contributed by atoms with Gasteiger partial charge in [0.1, 0.15) is 0 Å². The molecule has 2 bridgehead atoms. The summed E-state index contributed by atoms with van der Waals surface area (Å²) in [5, 5.41) is 13.7. The number of nitrogens with zero attached hydrogens (tertiary/aromatic N) is 3. The number of piperidine rings is 1. The summed E-state index contributed by atoms with van der Waals surface area (Å²) in [6.07, 6.45) is 5.98. The number of aromatic nitrogens is 3. The second-order valence-corrected chi connectivity index (χ2v) is 11.1. The minimum Gasteiger partial charge on any atom is -0.366 e. The van der Waals surface area contributed by atoms with E-state index in [1.807, 2.05) is 13.0 Å². The van der Waals surface area contributed by atoms with Crippen molar-refractivity contribution < 1.29 is 4.79 Å². The highest BCUT2D eigenvalue weighted by Gasteiger charge is 2.53. The minimum absolute atomic E-state index is 0.324. The summed E-state index contributed by atoms with van der Waals surface area (Å²) in [7, 11) is 0. The highest BCUT2D eigenvalue weighted by molar-refractivity contribution is 5.94. The van der Waals surface area contributed by atoms with Crippen LogP contribution in [0.3, 0.4) is 0 Å². The maximum absolute atomic E-state index is 11.7. The number of hydrogen-bond acceptors (Lipinski definition) is 8. The number of carbonyl (C=O) groups excluding carboxylic acids is 1. The van der Waals surface area contributed by atoms with Gasteiger partial charge in [0.2, 0.25) is 23.8 Å². The number of nitrogens with two attached hydrogens (primary N) is 1. The molecule has 3 saturated carbocycles. The number of fused-ring (bicyclic) bond motifs is 2. The number of hydrogen-bond donors (Lipinski definition) is 5. The predicted molar refractivity (Wildman–Crippen MR) is 139 cm³/mol. The molecule has 1 amide bonds. The standard InChI is InChI=1S/C26H38N8O/c1-15-4-5-16(22(27)35)12-21(15)31-25-33-23(32-24(34-25)30-19-8-10-28-11-9-19)29-14-17-6-7-18-13-20(17)26(18,2)3/h4-5,12,17-20,28H,6-11,13-14H2,1-3H3,(H2,27,35)(H3,29,30,31,32,33,34)/t17-,18-,20+/m1/s1. The third kappa shape index (κ3) is 5.05. The molecule has 2 heterocycles. The van der Waals surface area contributed by atoms with Crippen LogP contribution in [0.1, 0.15) is 61.9 Å². The number of anilines is 4. The molecule has 9 nitrogen and oxygen atoms in total. The van der Waals surface area contributed by atoms with Crippen molar-refractivity contribution in [2.45, 2.75) is 58.9 Å². The minimum atomic E-state index is -0.465. The molecular weight excluding hydrogens is 440 g/mol. The second kappa shape index (κ2) is 9.60. The van der Waals surface area contributed by atoms with Gasteiger partial charge in [0.15, 0.2) is 0 Å². The zero-order chi connectivity index (χ0) is 24.6. The lowest BCUT2D eigenvalue weighted by atomic mass is 9.45. The number of benzene rings is 1. The van der Waals surface area contributed by atoms with E-state index in [9.17, 15) is 4.79 Å². The average Bonchev–Trinajstić information content (AvgIpc) is 2.84. The highest BCUT2D eigenvalue weighted by Crippen LogP contribution is 2.61. The molecule has 6 rings (SSSR count). The Morgan fingerprint density at radius 1 is 1.09 bits per heavy atom. The van der Waals surface area contributed by atoms with Crippen LogP contribution in [0.5, 0.6) is 0 Å². The van der Waals surface area contributed by atoms with E-state index < -0.39 is 5.91 Å². The summed E-state index contributed by atoms with van der Waals surface area (Å²) in [6.45, 7) is 9.65. The Labute approximate surface area is 207 Å². The first-order valence-corrected chi connectivity index (χ1v) is 12.9. The van der Waals surface area contributed by atoms with Gasteiger partial charge in [-0.15, -0.1) is 0 Å². The summed E-state index contributed by atoms with van der Waals surface area (Å²) in [5.41, 5.74) is 8.10. The van der Waals surface area contributed by atoms with Crippen LogP contribution < -0.4 is 27.0 Å². The van der Waals surface area contributed by atoms with E-state index in [0.29, 0.717) is 40.8 Å². The van der Waals surface area contributed by atoms with Crippen LogP contribution >= 0.6 is 0 Å². The lowest BCUT2D eigenvalue weighted by Gasteiger charge is -2.60. The largest absolute Gasteiger partial charge is 0.366 e. The number of primary amides is 1. The zero-order valence-electron chi connectivity index (χ0n) is 21.0. The van der Waals surface area contributed by atoms with E-state index in [1.165, 1.54) is 19.3 Å². The average molecular weight is 479 g/mol. The van der Waals surface area contributed by atoms with Gasteiger partial charge in [-0.25, -0.2) is 0 Å². The molecule has 3 atom stereocenters. The van der Waals surface area contributed by atoms with Gasteiger partial charge >= 0.3 is 0 Å². The molecule has 4 fully saturated rings. The molecule has 6 N–H and O–H groups in total. The summed E-state index contributed by atoms with van der Waals surface area (Å²) in [4.78, 5) is 25.7. The second-order valence-electron chi connectivity index (χ2n) is 11.1. The molecule has 188 valence electrons. The van der Waals surface area contributed by atoms with Gasteiger partial charge in [0.25, 0.3) is 0 Å². The lowest BCUT2D eigenvalue weighted by molar-refractivity contribution is -0.100. The molecule has 0 spiro atoms. The molecule has 2 aromatic rings. The van der Waals surface area contributed by atoms with Crippen molar-refractivity contribution in [2.75, 3.05) is 35.6 Å². The Kier molecular flexibility index (Phi) is 6.53. The molecule has 9 heteroatoms. The van der Waals surface area contributed by atoms with E-state index in [-0.39, 0.29) is 0 Å². The van der Waals surface area contributed by atoms with Crippen molar-refractivity contribution in [1.29, 1.82) is 0 Å². The summed E-state index contributed by atoms with van der Waals surface area (Å²) in [6, 6.07) is 5.66. The van der Waals surface area contributed by atoms with Gasteiger partial charge in [-0.1, -0.05) is 19.9 Å². The monoisotopic (exact) mass is 478 g/mol. The van der Waals surface area contributed by atoms with Crippen molar-refractivity contribution in [3.63, 3.8) is 0 Å². The molecular formula is C26H38N8O. The van der Waals surface area contributed by atoms with Crippen LogP contribution in [0, 0.1) is 30.1 Å². The van der Waals surface area contributed by atoms with Gasteiger partial charge in [0, 0.05) is 23.8 Å². The highest BCUT2D eigenvalue weighted by atomic mass is 16.1. The summed E-state index contributed by atoms with van der Waals surface area (Å²) in [5.74, 6) is 3.40. The Balaban J connectivity index is 1.36. The van der Waals surface area contributed by atoms with Gasteiger partial charge in [0.05, 0.1) is 0 Å². The van der Waals surface area contributed by atoms with E-state index in [2.05, 4.69) is 45.1 Å². The van der Waals surface area contributed by atoms with Crippen LogP contribution in [0.4, 0.5) is 23.5 Å². The van der Waals surface area contributed by atoms with Gasteiger partial charge in [-0.05, 0) is 93.0 Å². The number of nitrogens with one attached hydrogen (secondary N) is 4. The molecule has 3 aliphatic carbocycles. The van der Waals surface area contributed by atoms with E-state index >= 15 is 0 Å². The third-order valence-corrected chi connectivity index (χ3v) is 8.60. The summed E-state index contributed by atoms with van der Waals surface area (Å²) >= 11 is 0. The maximum atomic E-state index is 11.7. The smallest absolute Gasteiger partial charge is 0.248 e. The molecule has 1 aromatic heterocycles. The van der Waals surface area contributed by atoms with E-state index in [4.69, 9.17) is 10.7 Å². The van der Waals surface area contributed by atoms with Gasteiger partial charge in [-0.3, -0.25) is 4.79 Å². The molecule has 1 aromatic carbocycles. The molecule has 4 aliphatic rings. The van der Waals surface area contributed by atoms with Crippen LogP contribution in [0.15, 0.2) is 18.2 Å². The summed E-state index contributed by atoms with van der Waals surface area (Å²) < 4.78 is 0. The van der Waals surface area contributed by atoms with Crippen molar-refractivity contribution >= 4 is 29.4 Å². The molecule has 0 unspecified atom stereocenters. The SMILES string of the molecule is Cc1ccc(C(N)=O)cc1Nc1nc(NC[C@H]2CC[C@@H]3C[C@@H]2C3(C)C)nc(NC2CCNCC2)n1. The van der Waals surface area contributed by atoms with Crippen molar-refractivity contribution in [1.82, 2.24) is 20.3 Å². The number of rotatable bonds is 8. The Morgan fingerprint density at radius 2 is 1.83 bits per heavy atom. The fraction of sp³-hybridized carbons (Fsp3) is 0.615. The quantitative estimate of drug-likeness (QED) is 0.389. The van der Waals surface area contributed by atoms with Crippen LogP contribution in [0.2, 0.25) is 0 Å². The fourth-order valence-corrected chi connectivity index (χ4v) is 6.18. The van der Waals surface area contributed by atoms with Crippen LogP contribution in [-0.2, 0) is 0 Å². The molecule has 1 aliphatic heterocycles. The molecule has 0 radical (unpaired) electrons. The molecule has 1 saturated heterocycles. The Morgan fingerprint density at radius 3 is 2.54 bits per heavy atom. The van der Waals surface area contributed by atoms with E-state index in [1.54, 1.807) is 12.1 Å². The van der Waals surface area contributed by atoms with Gasteiger partial charge in [-0.2, -0.15) is 15.0 Å². The normalized spacial score (nSPS) is 25.4. The third-order valence-electron chi connectivity index (χ3n) is 8.60. The number of carbonyl (C=O) groups is 1.